The molecule has 2 aromatic rings. The third kappa shape index (κ3) is 2.92. The van der Waals surface area contributed by atoms with Crippen LogP contribution in [0, 0.1) is 0 Å². The zero-order valence-electron chi connectivity index (χ0n) is 12.0. The number of rotatable bonds is 6. The molecule has 3 nitrogen and oxygen atoms in total. The molecule has 0 amide bonds. The molecule has 1 aliphatic carbocycles. The summed E-state index contributed by atoms with van der Waals surface area (Å²) in [6.07, 6.45) is 3.12. The van der Waals surface area contributed by atoms with Crippen molar-refractivity contribution in [2.45, 2.75) is 25.4 Å². The molecule has 3 heteroatoms. The maximum atomic E-state index is 11.3. The van der Waals surface area contributed by atoms with E-state index in [1.54, 1.807) is 13.2 Å². The highest BCUT2D eigenvalue weighted by atomic mass is 16.5. The summed E-state index contributed by atoms with van der Waals surface area (Å²) in [6, 6.07) is 13.6. The predicted molar refractivity (Wildman–Crippen MR) is 81.1 cm³/mol. The van der Waals surface area contributed by atoms with Gasteiger partial charge in [0.15, 0.2) is 11.5 Å². The van der Waals surface area contributed by atoms with Crippen molar-refractivity contribution < 1.29 is 14.3 Å². The lowest BCUT2D eigenvalue weighted by Crippen LogP contribution is -2.03. The van der Waals surface area contributed by atoms with Gasteiger partial charge in [0, 0.05) is 11.1 Å². The van der Waals surface area contributed by atoms with Crippen LogP contribution in [0.15, 0.2) is 42.5 Å². The predicted octanol–water partition coefficient (Wildman–Crippen LogP) is 3.96. The monoisotopic (exact) mass is 282 g/mol. The average molecular weight is 282 g/mol. The van der Waals surface area contributed by atoms with E-state index < -0.39 is 0 Å². The summed E-state index contributed by atoms with van der Waals surface area (Å²) < 4.78 is 11.4. The van der Waals surface area contributed by atoms with Gasteiger partial charge in [-0.15, -0.1) is 0 Å². The Morgan fingerprint density at radius 3 is 2.52 bits per heavy atom. The molecule has 0 unspecified atom stereocenters. The summed E-state index contributed by atoms with van der Waals surface area (Å²) in [7, 11) is 1.63. The van der Waals surface area contributed by atoms with Gasteiger partial charge in [0.1, 0.15) is 12.9 Å². The third-order valence-corrected chi connectivity index (χ3v) is 3.75. The molecule has 108 valence electrons. The highest BCUT2D eigenvalue weighted by Gasteiger charge is 2.31. The Labute approximate surface area is 124 Å². The van der Waals surface area contributed by atoms with Crippen molar-refractivity contribution in [3.05, 3.63) is 59.2 Å². The van der Waals surface area contributed by atoms with E-state index in [0.29, 0.717) is 29.6 Å². The molecule has 3 rings (SSSR count). The molecule has 0 atom stereocenters. The van der Waals surface area contributed by atoms with Gasteiger partial charge in [-0.25, -0.2) is 0 Å². The minimum Gasteiger partial charge on any atom is -0.493 e. The highest BCUT2D eigenvalue weighted by molar-refractivity contribution is 5.80. The standard InChI is InChI=1S/C18H18O3/c1-20-16-10-9-15(11-19)17(14-7-8-14)18(16)21-12-13-5-3-2-4-6-13/h2-6,9-11,14H,7-8,12H2,1H3. The first-order chi connectivity index (χ1) is 10.3. The van der Waals surface area contributed by atoms with E-state index in [2.05, 4.69) is 0 Å². The second-order valence-electron chi connectivity index (χ2n) is 5.27. The SMILES string of the molecule is COc1ccc(C=O)c(C2CC2)c1OCc1ccccc1. The second kappa shape index (κ2) is 6.00. The van der Waals surface area contributed by atoms with E-state index in [1.807, 2.05) is 36.4 Å². The van der Waals surface area contributed by atoms with Gasteiger partial charge in [-0.3, -0.25) is 4.79 Å². The Kier molecular flexibility index (Phi) is 3.91. The molecular formula is C18H18O3. The van der Waals surface area contributed by atoms with Gasteiger partial charge in [0.25, 0.3) is 0 Å². The summed E-state index contributed by atoms with van der Waals surface area (Å²) >= 11 is 0. The normalized spacial score (nSPS) is 13.8. The topological polar surface area (TPSA) is 35.5 Å². The van der Waals surface area contributed by atoms with Crippen LogP contribution in [0.5, 0.6) is 11.5 Å². The number of hydrogen-bond donors (Lipinski definition) is 0. The third-order valence-electron chi connectivity index (χ3n) is 3.75. The van der Waals surface area contributed by atoms with Crippen molar-refractivity contribution in [1.82, 2.24) is 0 Å². The Balaban J connectivity index is 1.93. The fourth-order valence-corrected chi connectivity index (χ4v) is 2.53. The summed E-state index contributed by atoms with van der Waals surface area (Å²) in [5, 5.41) is 0. The lowest BCUT2D eigenvalue weighted by Gasteiger charge is -2.16. The van der Waals surface area contributed by atoms with Crippen molar-refractivity contribution >= 4 is 6.29 Å². The molecule has 1 saturated carbocycles. The smallest absolute Gasteiger partial charge is 0.165 e. The molecule has 0 aromatic heterocycles. The molecular weight excluding hydrogens is 264 g/mol. The lowest BCUT2D eigenvalue weighted by atomic mass is 10.0. The molecule has 0 saturated heterocycles. The van der Waals surface area contributed by atoms with Crippen LogP contribution < -0.4 is 9.47 Å². The van der Waals surface area contributed by atoms with Gasteiger partial charge in [0.2, 0.25) is 0 Å². The molecule has 2 aromatic carbocycles. The van der Waals surface area contributed by atoms with Gasteiger partial charge < -0.3 is 9.47 Å². The number of ether oxygens (including phenoxy) is 2. The van der Waals surface area contributed by atoms with Crippen molar-refractivity contribution in [3.8, 4) is 11.5 Å². The van der Waals surface area contributed by atoms with Crippen molar-refractivity contribution in [3.63, 3.8) is 0 Å². The Hall–Kier alpha value is -2.29. The van der Waals surface area contributed by atoms with Gasteiger partial charge in [-0.1, -0.05) is 30.3 Å². The van der Waals surface area contributed by atoms with E-state index in [4.69, 9.17) is 9.47 Å². The first-order valence-electron chi connectivity index (χ1n) is 7.16. The number of aldehydes is 1. The number of benzene rings is 2. The molecule has 0 N–H and O–H groups in total. The van der Waals surface area contributed by atoms with Crippen LogP contribution in [0.3, 0.4) is 0 Å². The first kappa shape index (κ1) is 13.7. The quantitative estimate of drug-likeness (QED) is 0.752. The maximum absolute atomic E-state index is 11.3. The number of methoxy groups -OCH3 is 1. The summed E-state index contributed by atoms with van der Waals surface area (Å²) in [5.74, 6) is 1.83. The molecule has 0 bridgehead atoms. The van der Waals surface area contributed by atoms with Gasteiger partial charge >= 0.3 is 0 Å². The fourth-order valence-electron chi connectivity index (χ4n) is 2.53. The van der Waals surface area contributed by atoms with Crippen molar-refractivity contribution in [2.75, 3.05) is 7.11 Å². The summed E-state index contributed by atoms with van der Waals surface area (Å²) in [4.78, 5) is 11.3. The zero-order chi connectivity index (χ0) is 14.7. The van der Waals surface area contributed by atoms with Crippen LogP contribution in [0.4, 0.5) is 0 Å². The lowest BCUT2D eigenvalue weighted by molar-refractivity contribution is 0.112. The van der Waals surface area contributed by atoms with E-state index in [-0.39, 0.29) is 0 Å². The van der Waals surface area contributed by atoms with Crippen molar-refractivity contribution in [2.24, 2.45) is 0 Å². The summed E-state index contributed by atoms with van der Waals surface area (Å²) in [6.45, 7) is 0.471. The van der Waals surface area contributed by atoms with Gasteiger partial charge in [-0.05, 0) is 36.5 Å². The molecule has 0 aliphatic heterocycles. The molecule has 0 spiro atoms. The van der Waals surface area contributed by atoms with Crippen LogP contribution in [0.25, 0.3) is 0 Å². The van der Waals surface area contributed by atoms with Gasteiger partial charge in [0.05, 0.1) is 7.11 Å². The fraction of sp³-hybridized carbons (Fsp3) is 0.278. The minimum absolute atomic E-state index is 0.422. The number of carbonyl (C=O) groups excluding carboxylic acids is 1. The Morgan fingerprint density at radius 1 is 1.14 bits per heavy atom. The van der Waals surface area contributed by atoms with E-state index in [0.717, 1.165) is 30.3 Å². The second-order valence-corrected chi connectivity index (χ2v) is 5.27. The number of carbonyl (C=O) groups is 1. The Morgan fingerprint density at radius 2 is 1.90 bits per heavy atom. The van der Waals surface area contributed by atoms with E-state index in [9.17, 15) is 4.79 Å². The van der Waals surface area contributed by atoms with Crippen LogP contribution in [-0.4, -0.2) is 13.4 Å². The van der Waals surface area contributed by atoms with Crippen LogP contribution >= 0.6 is 0 Å². The van der Waals surface area contributed by atoms with Gasteiger partial charge in [-0.2, -0.15) is 0 Å². The molecule has 1 fully saturated rings. The van der Waals surface area contributed by atoms with Crippen molar-refractivity contribution in [1.29, 1.82) is 0 Å². The van der Waals surface area contributed by atoms with E-state index >= 15 is 0 Å². The maximum Gasteiger partial charge on any atom is 0.165 e. The van der Waals surface area contributed by atoms with Crippen LogP contribution in [-0.2, 0) is 6.61 Å². The highest BCUT2D eigenvalue weighted by Crippen LogP contribution is 2.49. The molecule has 0 heterocycles. The first-order valence-corrected chi connectivity index (χ1v) is 7.16. The van der Waals surface area contributed by atoms with Crippen LogP contribution in [0.1, 0.15) is 40.2 Å². The van der Waals surface area contributed by atoms with Crippen LogP contribution in [0.2, 0.25) is 0 Å². The summed E-state index contributed by atoms with van der Waals surface area (Å²) in [5.41, 5.74) is 2.81. The molecule has 0 radical (unpaired) electrons. The number of hydrogen-bond acceptors (Lipinski definition) is 3. The largest absolute Gasteiger partial charge is 0.493 e. The van der Waals surface area contributed by atoms with E-state index in [1.165, 1.54) is 0 Å². The zero-order valence-corrected chi connectivity index (χ0v) is 12.0. The molecule has 1 aliphatic rings. The average Bonchev–Trinajstić information content (AvgIpc) is 3.37. The molecule has 21 heavy (non-hydrogen) atoms. The Bertz CT molecular complexity index is 630. The minimum atomic E-state index is 0.422.